The highest BCUT2D eigenvalue weighted by Crippen LogP contribution is 2.26. The molecular weight excluding hydrogens is 348 g/mol. The summed E-state index contributed by atoms with van der Waals surface area (Å²) in [6.45, 7) is 2.29. The van der Waals surface area contributed by atoms with Gasteiger partial charge >= 0.3 is 0 Å². The van der Waals surface area contributed by atoms with Gasteiger partial charge in [0.05, 0.1) is 0 Å². The van der Waals surface area contributed by atoms with Gasteiger partial charge in [0, 0.05) is 31.4 Å². The fourth-order valence-corrected chi connectivity index (χ4v) is 3.55. The maximum atomic E-state index is 12.9. The Hall–Kier alpha value is -3.21. The number of hydrogen-bond donors (Lipinski definition) is 0. The van der Waals surface area contributed by atoms with Crippen LogP contribution in [-0.2, 0) is 6.54 Å². The highest BCUT2D eigenvalue weighted by Gasteiger charge is 2.21. The molecule has 0 saturated carbocycles. The molecule has 1 aromatic heterocycles. The van der Waals surface area contributed by atoms with Gasteiger partial charge in [0.15, 0.2) is 0 Å². The van der Waals surface area contributed by atoms with E-state index in [1.54, 1.807) is 0 Å². The lowest BCUT2D eigenvalue weighted by molar-refractivity contribution is 0.0718. The minimum atomic E-state index is -0.00364. The number of rotatable bonds is 5. The smallest absolute Gasteiger partial charge is 0.272 e. The summed E-state index contributed by atoms with van der Waals surface area (Å²) in [5, 5.41) is 0. The second kappa shape index (κ2) is 8.65. The number of carbonyl (C=O) groups excluding carboxylic acids is 1. The number of hydrogen-bond acceptors (Lipinski definition) is 4. The Bertz CT molecular complexity index is 908. The van der Waals surface area contributed by atoms with Crippen LogP contribution in [0.3, 0.4) is 0 Å². The standard InChI is InChI=1S/C23H24N4O/c28-23(26-14-8-3-9-15-26)21-16-22(25-18-24-21)27(20-12-6-2-7-13-20)17-19-10-4-1-5-11-19/h1-2,4-7,10-13,16,18H,3,8-9,14-15,17H2. The molecule has 0 unspecified atom stereocenters. The number of carbonyl (C=O) groups is 1. The van der Waals surface area contributed by atoms with Crippen molar-refractivity contribution in [2.45, 2.75) is 25.8 Å². The van der Waals surface area contributed by atoms with E-state index in [2.05, 4.69) is 39.1 Å². The van der Waals surface area contributed by atoms with Gasteiger partial charge < -0.3 is 9.80 Å². The van der Waals surface area contributed by atoms with Gasteiger partial charge in [-0.05, 0) is 37.0 Å². The summed E-state index contributed by atoms with van der Waals surface area (Å²) in [6.07, 6.45) is 4.81. The van der Waals surface area contributed by atoms with Crippen molar-refractivity contribution in [3.05, 3.63) is 84.3 Å². The van der Waals surface area contributed by atoms with Crippen LogP contribution in [0.15, 0.2) is 73.1 Å². The number of benzene rings is 2. The third kappa shape index (κ3) is 4.19. The Labute approximate surface area is 165 Å². The molecule has 2 heterocycles. The van der Waals surface area contributed by atoms with Crippen molar-refractivity contribution in [3.63, 3.8) is 0 Å². The molecule has 28 heavy (non-hydrogen) atoms. The summed E-state index contributed by atoms with van der Waals surface area (Å²) in [5.41, 5.74) is 2.66. The van der Waals surface area contributed by atoms with E-state index < -0.39 is 0 Å². The molecular formula is C23H24N4O. The number of piperidine rings is 1. The van der Waals surface area contributed by atoms with Crippen LogP contribution in [0, 0.1) is 0 Å². The fourth-order valence-electron chi connectivity index (χ4n) is 3.55. The summed E-state index contributed by atoms with van der Waals surface area (Å²) < 4.78 is 0. The lowest BCUT2D eigenvalue weighted by Gasteiger charge is -2.27. The zero-order valence-electron chi connectivity index (χ0n) is 15.9. The molecule has 0 spiro atoms. The van der Waals surface area contributed by atoms with Crippen molar-refractivity contribution in [1.82, 2.24) is 14.9 Å². The molecule has 0 bridgehead atoms. The molecule has 2 aromatic carbocycles. The second-order valence-corrected chi connectivity index (χ2v) is 7.02. The zero-order valence-corrected chi connectivity index (χ0v) is 15.9. The maximum absolute atomic E-state index is 12.9. The number of para-hydroxylation sites is 1. The van der Waals surface area contributed by atoms with E-state index in [0.717, 1.165) is 37.4 Å². The van der Waals surface area contributed by atoms with Gasteiger partial charge in [-0.3, -0.25) is 4.79 Å². The van der Waals surface area contributed by atoms with Crippen LogP contribution >= 0.6 is 0 Å². The first-order valence-corrected chi connectivity index (χ1v) is 9.79. The minimum Gasteiger partial charge on any atom is -0.337 e. The van der Waals surface area contributed by atoms with Crippen molar-refractivity contribution in [1.29, 1.82) is 0 Å². The Morgan fingerprint density at radius 2 is 1.57 bits per heavy atom. The van der Waals surface area contributed by atoms with E-state index in [1.165, 1.54) is 18.3 Å². The number of nitrogens with zero attached hydrogens (tertiary/aromatic N) is 4. The Kier molecular flexibility index (Phi) is 5.61. The molecule has 5 nitrogen and oxygen atoms in total. The Morgan fingerprint density at radius 1 is 0.893 bits per heavy atom. The van der Waals surface area contributed by atoms with Crippen LogP contribution in [0.2, 0.25) is 0 Å². The molecule has 1 aliphatic heterocycles. The molecule has 0 N–H and O–H groups in total. The first-order valence-electron chi connectivity index (χ1n) is 9.79. The fraction of sp³-hybridized carbons (Fsp3) is 0.261. The van der Waals surface area contributed by atoms with Gasteiger partial charge in [-0.15, -0.1) is 0 Å². The molecule has 1 amide bonds. The number of anilines is 2. The van der Waals surface area contributed by atoms with E-state index >= 15 is 0 Å². The molecule has 142 valence electrons. The average molecular weight is 372 g/mol. The van der Waals surface area contributed by atoms with E-state index in [-0.39, 0.29) is 5.91 Å². The van der Waals surface area contributed by atoms with Crippen LogP contribution in [0.4, 0.5) is 11.5 Å². The van der Waals surface area contributed by atoms with Gasteiger partial charge in [0.1, 0.15) is 17.8 Å². The van der Waals surface area contributed by atoms with Crippen molar-refractivity contribution < 1.29 is 4.79 Å². The molecule has 1 saturated heterocycles. The number of aromatic nitrogens is 2. The van der Waals surface area contributed by atoms with Crippen LogP contribution in [0.5, 0.6) is 0 Å². The van der Waals surface area contributed by atoms with Crippen molar-refractivity contribution in [2.75, 3.05) is 18.0 Å². The van der Waals surface area contributed by atoms with E-state index in [0.29, 0.717) is 12.2 Å². The molecule has 0 radical (unpaired) electrons. The van der Waals surface area contributed by atoms with E-state index in [9.17, 15) is 4.79 Å². The van der Waals surface area contributed by atoms with Crippen molar-refractivity contribution in [2.24, 2.45) is 0 Å². The molecule has 4 rings (SSSR count). The monoisotopic (exact) mass is 372 g/mol. The second-order valence-electron chi connectivity index (χ2n) is 7.02. The van der Waals surface area contributed by atoms with E-state index in [1.807, 2.05) is 47.4 Å². The topological polar surface area (TPSA) is 49.3 Å². The lowest BCUT2D eigenvalue weighted by Crippen LogP contribution is -2.36. The largest absolute Gasteiger partial charge is 0.337 e. The zero-order chi connectivity index (χ0) is 19.2. The summed E-state index contributed by atoms with van der Waals surface area (Å²) in [5.74, 6) is 0.724. The first-order chi connectivity index (χ1) is 13.8. The van der Waals surface area contributed by atoms with Crippen LogP contribution in [-0.4, -0.2) is 33.9 Å². The summed E-state index contributed by atoms with van der Waals surface area (Å²) in [6, 6.07) is 22.2. The third-order valence-corrected chi connectivity index (χ3v) is 5.04. The predicted octanol–water partition coefficient (Wildman–Crippen LogP) is 4.44. The minimum absolute atomic E-state index is 0.00364. The summed E-state index contributed by atoms with van der Waals surface area (Å²) in [7, 11) is 0. The van der Waals surface area contributed by atoms with Gasteiger partial charge in [-0.1, -0.05) is 48.5 Å². The SMILES string of the molecule is O=C(c1cc(N(Cc2ccccc2)c2ccccc2)ncn1)N1CCCCC1. The van der Waals surface area contributed by atoms with Gasteiger partial charge in [0.2, 0.25) is 0 Å². The van der Waals surface area contributed by atoms with Crippen LogP contribution in [0.25, 0.3) is 0 Å². The van der Waals surface area contributed by atoms with Gasteiger partial charge in [0.25, 0.3) is 5.91 Å². The normalized spacial score (nSPS) is 13.9. The quantitative estimate of drug-likeness (QED) is 0.664. The number of likely N-dealkylation sites (tertiary alicyclic amines) is 1. The Balaban J connectivity index is 1.65. The van der Waals surface area contributed by atoms with Crippen molar-refractivity contribution >= 4 is 17.4 Å². The van der Waals surface area contributed by atoms with Gasteiger partial charge in [-0.25, -0.2) is 9.97 Å². The molecule has 3 aromatic rings. The first kappa shape index (κ1) is 18.2. The van der Waals surface area contributed by atoms with E-state index in [4.69, 9.17) is 0 Å². The summed E-state index contributed by atoms with van der Waals surface area (Å²) >= 11 is 0. The predicted molar refractivity (Wildman–Crippen MR) is 111 cm³/mol. The van der Waals surface area contributed by atoms with Crippen molar-refractivity contribution in [3.8, 4) is 0 Å². The number of amides is 1. The maximum Gasteiger partial charge on any atom is 0.272 e. The average Bonchev–Trinajstić information content (AvgIpc) is 2.79. The highest BCUT2D eigenvalue weighted by atomic mass is 16.2. The molecule has 1 aliphatic rings. The molecule has 5 heteroatoms. The van der Waals surface area contributed by atoms with Gasteiger partial charge in [-0.2, -0.15) is 0 Å². The highest BCUT2D eigenvalue weighted by molar-refractivity contribution is 5.93. The van der Waals surface area contributed by atoms with Crippen LogP contribution in [0.1, 0.15) is 35.3 Å². The molecule has 0 aliphatic carbocycles. The summed E-state index contributed by atoms with van der Waals surface area (Å²) in [4.78, 5) is 25.7. The lowest BCUT2D eigenvalue weighted by atomic mass is 10.1. The van der Waals surface area contributed by atoms with Crippen LogP contribution < -0.4 is 4.90 Å². The molecule has 0 atom stereocenters. The third-order valence-electron chi connectivity index (χ3n) is 5.04. The molecule has 1 fully saturated rings. The Morgan fingerprint density at radius 3 is 2.29 bits per heavy atom.